The number of carbonyl (C=O) groups excluding carboxylic acids is 1. The summed E-state index contributed by atoms with van der Waals surface area (Å²) in [6, 6.07) is 2.51. The van der Waals surface area contributed by atoms with E-state index in [0.29, 0.717) is 44.3 Å². The molecule has 1 aromatic heterocycles. The molecule has 0 aromatic carbocycles. The lowest BCUT2D eigenvalue weighted by molar-refractivity contribution is -0.137. The lowest BCUT2D eigenvalue weighted by atomic mass is 10.3. The number of rotatable bonds is 8. The Balaban J connectivity index is 1.74. The first kappa shape index (κ1) is 22.8. The van der Waals surface area contributed by atoms with Gasteiger partial charge in [-0.2, -0.15) is 13.2 Å². The summed E-state index contributed by atoms with van der Waals surface area (Å²) in [6.07, 6.45) is -1.46. The van der Waals surface area contributed by atoms with Crippen molar-refractivity contribution in [2.75, 3.05) is 38.0 Å². The molecule has 7 nitrogen and oxygen atoms in total. The Morgan fingerprint density at radius 3 is 2.76 bits per heavy atom. The fraction of sp³-hybridized carbons (Fsp3) is 0.632. The molecule has 0 bridgehead atoms. The Morgan fingerprint density at radius 1 is 1.34 bits per heavy atom. The van der Waals surface area contributed by atoms with Gasteiger partial charge in [0.15, 0.2) is 5.96 Å². The summed E-state index contributed by atoms with van der Waals surface area (Å²) >= 11 is 0. The van der Waals surface area contributed by atoms with Crippen LogP contribution in [0.25, 0.3) is 0 Å². The van der Waals surface area contributed by atoms with Crippen molar-refractivity contribution < 1.29 is 18.0 Å². The summed E-state index contributed by atoms with van der Waals surface area (Å²) in [4.78, 5) is 22.0. The van der Waals surface area contributed by atoms with E-state index in [1.54, 1.807) is 0 Å². The number of anilines is 1. The highest BCUT2D eigenvalue weighted by Gasteiger charge is 2.30. The molecule has 2 rings (SSSR count). The maximum atomic E-state index is 12.5. The quantitative estimate of drug-likeness (QED) is 0.346. The average molecular weight is 414 g/mol. The number of likely N-dealkylation sites (tertiary alicyclic amines) is 1. The first-order valence-corrected chi connectivity index (χ1v) is 9.93. The molecule has 10 heteroatoms. The number of aromatic nitrogens is 1. The van der Waals surface area contributed by atoms with E-state index < -0.39 is 11.7 Å². The van der Waals surface area contributed by atoms with Crippen molar-refractivity contribution in [2.24, 2.45) is 4.99 Å². The molecule has 162 valence electrons. The lowest BCUT2D eigenvalue weighted by Gasteiger charge is -2.18. The van der Waals surface area contributed by atoms with E-state index in [-0.39, 0.29) is 11.9 Å². The SMILES string of the molecule is CCNC(=NCCCNc1ccc(C(F)(F)F)cn1)NC1CCN(C(=O)CC)C1. The molecule has 1 saturated heterocycles. The number of halogens is 3. The van der Waals surface area contributed by atoms with Crippen LogP contribution in [0.3, 0.4) is 0 Å². The number of amides is 1. The van der Waals surface area contributed by atoms with Gasteiger partial charge in [0.25, 0.3) is 0 Å². The van der Waals surface area contributed by atoms with Crippen molar-refractivity contribution in [3.63, 3.8) is 0 Å². The minimum Gasteiger partial charge on any atom is -0.370 e. The zero-order valence-electron chi connectivity index (χ0n) is 16.9. The van der Waals surface area contributed by atoms with E-state index in [2.05, 4.69) is 25.9 Å². The summed E-state index contributed by atoms with van der Waals surface area (Å²) in [7, 11) is 0. The van der Waals surface area contributed by atoms with E-state index in [4.69, 9.17) is 0 Å². The Hall–Kier alpha value is -2.52. The Bertz CT molecular complexity index is 678. The highest BCUT2D eigenvalue weighted by atomic mass is 19.4. The Kier molecular flexibility index (Phi) is 8.53. The third kappa shape index (κ3) is 7.43. The fourth-order valence-electron chi connectivity index (χ4n) is 2.99. The number of guanidine groups is 1. The van der Waals surface area contributed by atoms with Crippen LogP contribution in [0.4, 0.5) is 19.0 Å². The molecule has 2 heterocycles. The van der Waals surface area contributed by atoms with Crippen LogP contribution in [0.1, 0.15) is 38.7 Å². The van der Waals surface area contributed by atoms with Gasteiger partial charge in [-0.15, -0.1) is 0 Å². The minimum atomic E-state index is -4.38. The van der Waals surface area contributed by atoms with Crippen LogP contribution < -0.4 is 16.0 Å². The highest BCUT2D eigenvalue weighted by Crippen LogP contribution is 2.28. The fourth-order valence-corrected chi connectivity index (χ4v) is 2.99. The van der Waals surface area contributed by atoms with Crippen molar-refractivity contribution >= 4 is 17.7 Å². The molecule has 29 heavy (non-hydrogen) atoms. The highest BCUT2D eigenvalue weighted by molar-refractivity contribution is 5.80. The molecule has 1 amide bonds. The topological polar surface area (TPSA) is 81.7 Å². The van der Waals surface area contributed by atoms with Crippen LogP contribution in [0.2, 0.25) is 0 Å². The monoisotopic (exact) mass is 414 g/mol. The molecular weight excluding hydrogens is 385 g/mol. The second-order valence-corrected chi connectivity index (χ2v) is 6.79. The maximum Gasteiger partial charge on any atom is 0.417 e. The van der Waals surface area contributed by atoms with Crippen LogP contribution in [0.5, 0.6) is 0 Å². The van der Waals surface area contributed by atoms with Crippen molar-refractivity contribution in [1.82, 2.24) is 20.5 Å². The second kappa shape index (κ2) is 10.9. The number of aliphatic imine (C=N–C) groups is 1. The number of nitrogens with one attached hydrogen (secondary N) is 3. The first-order valence-electron chi connectivity index (χ1n) is 9.93. The summed E-state index contributed by atoms with van der Waals surface area (Å²) < 4.78 is 37.6. The van der Waals surface area contributed by atoms with E-state index in [1.807, 2.05) is 18.7 Å². The van der Waals surface area contributed by atoms with E-state index >= 15 is 0 Å². The number of pyridine rings is 1. The molecule has 3 N–H and O–H groups in total. The molecule has 1 atom stereocenters. The molecule has 0 spiro atoms. The predicted molar refractivity (Wildman–Crippen MR) is 107 cm³/mol. The van der Waals surface area contributed by atoms with Crippen LogP contribution >= 0.6 is 0 Å². The standard InChI is InChI=1S/C19H29F3N6O/c1-3-17(29)28-11-8-15(13-28)27-18(23-4-2)25-10-5-9-24-16-7-6-14(12-26-16)19(20,21)22/h6-7,12,15H,3-5,8-11,13H2,1-2H3,(H,24,26)(H2,23,25,27). The number of carbonyl (C=O) groups is 1. The maximum absolute atomic E-state index is 12.5. The van der Waals surface area contributed by atoms with Crippen molar-refractivity contribution in [1.29, 1.82) is 0 Å². The smallest absolute Gasteiger partial charge is 0.370 e. The van der Waals surface area contributed by atoms with Gasteiger partial charge >= 0.3 is 6.18 Å². The molecule has 1 aliphatic heterocycles. The van der Waals surface area contributed by atoms with Gasteiger partial charge in [-0.25, -0.2) is 4.98 Å². The molecule has 0 aliphatic carbocycles. The summed E-state index contributed by atoms with van der Waals surface area (Å²) in [6.45, 7) is 7.10. The zero-order chi connectivity index (χ0) is 21.3. The van der Waals surface area contributed by atoms with Crippen LogP contribution in [-0.4, -0.2) is 60.5 Å². The largest absolute Gasteiger partial charge is 0.417 e. The second-order valence-electron chi connectivity index (χ2n) is 6.79. The molecule has 0 saturated carbocycles. The number of nitrogens with zero attached hydrogens (tertiary/aromatic N) is 3. The molecule has 1 aromatic rings. The molecule has 1 unspecified atom stereocenters. The minimum absolute atomic E-state index is 0.166. The Labute approximate surface area is 169 Å². The third-order valence-corrected chi connectivity index (χ3v) is 4.53. The van der Waals surface area contributed by atoms with Gasteiger partial charge in [-0.1, -0.05) is 6.92 Å². The van der Waals surface area contributed by atoms with E-state index in [0.717, 1.165) is 31.8 Å². The predicted octanol–water partition coefficient (Wildman–Crippen LogP) is 2.47. The van der Waals surface area contributed by atoms with E-state index in [9.17, 15) is 18.0 Å². The van der Waals surface area contributed by atoms with Gasteiger partial charge in [0.1, 0.15) is 5.82 Å². The molecule has 1 aliphatic rings. The van der Waals surface area contributed by atoms with Gasteiger partial charge in [0.2, 0.25) is 5.91 Å². The first-order chi connectivity index (χ1) is 13.8. The number of hydrogen-bond acceptors (Lipinski definition) is 4. The molecular formula is C19H29F3N6O. The van der Waals surface area contributed by atoms with Crippen LogP contribution in [-0.2, 0) is 11.0 Å². The van der Waals surface area contributed by atoms with Crippen LogP contribution in [0.15, 0.2) is 23.3 Å². The van der Waals surface area contributed by atoms with Gasteiger partial charge in [0, 0.05) is 51.4 Å². The number of hydrogen-bond donors (Lipinski definition) is 3. The summed E-state index contributed by atoms with van der Waals surface area (Å²) in [5, 5.41) is 9.55. The Morgan fingerprint density at radius 2 is 2.14 bits per heavy atom. The average Bonchev–Trinajstić information content (AvgIpc) is 3.15. The zero-order valence-corrected chi connectivity index (χ0v) is 16.9. The summed E-state index contributed by atoms with van der Waals surface area (Å²) in [5.74, 6) is 1.27. The van der Waals surface area contributed by atoms with Gasteiger partial charge < -0.3 is 20.9 Å². The van der Waals surface area contributed by atoms with Crippen molar-refractivity contribution in [2.45, 2.75) is 45.3 Å². The third-order valence-electron chi connectivity index (χ3n) is 4.53. The van der Waals surface area contributed by atoms with E-state index in [1.165, 1.54) is 6.07 Å². The van der Waals surface area contributed by atoms with Gasteiger partial charge in [0.05, 0.1) is 5.56 Å². The normalized spacial score (nSPS) is 17.3. The van der Waals surface area contributed by atoms with Crippen molar-refractivity contribution in [3.8, 4) is 0 Å². The summed E-state index contributed by atoms with van der Waals surface area (Å²) in [5.41, 5.74) is -0.764. The lowest BCUT2D eigenvalue weighted by Crippen LogP contribution is -2.45. The number of alkyl halides is 3. The van der Waals surface area contributed by atoms with Gasteiger partial charge in [-0.3, -0.25) is 9.79 Å². The molecule has 1 fully saturated rings. The van der Waals surface area contributed by atoms with Crippen LogP contribution in [0, 0.1) is 0 Å². The van der Waals surface area contributed by atoms with Crippen molar-refractivity contribution in [3.05, 3.63) is 23.9 Å². The van der Waals surface area contributed by atoms with Gasteiger partial charge in [-0.05, 0) is 31.9 Å². The molecule has 0 radical (unpaired) electrons.